The number of methoxy groups -OCH3 is 2. The first kappa shape index (κ1) is 57.8. The van der Waals surface area contributed by atoms with Gasteiger partial charge in [0, 0.05) is 47.8 Å². The van der Waals surface area contributed by atoms with Gasteiger partial charge in [-0.1, -0.05) is 91.6 Å². The first-order valence-corrected chi connectivity index (χ1v) is 24.0. The van der Waals surface area contributed by atoms with Gasteiger partial charge in [-0.05, 0) is 83.4 Å². The lowest BCUT2D eigenvalue weighted by atomic mass is 9.89. The van der Waals surface area contributed by atoms with Crippen molar-refractivity contribution in [3.05, 3.63) is 35.9 Å². The second-order valence-electron chi connectivity index (χ2n) is 20.0. The molecule has 16 nitrogen and oxygen atoms in total. The molecular formula is C50H86N6O10. The molecule has 0 unspecified atom stereocenters. The number of likely N-dealkylation sites (tertiary alicyclic amines) is 1. The summed E-state index contributed by atoms with van der Waals surface area (Å²) in [5.74, 6) is -3.49. The Balaban J connectivity index is 2.19. The fraction of sp³-hybridized carbons (Fsp3) is 0.760. The van der Waals surface area contributed by atoms with E-state index >= 15 is 0 Å². The van der Waals surface area contributed by atoms with Crippen molar-refractivity contribution < 1.29 is 48.1 Å². The van der Waals surface area contributed by atoms with E-state index < -0.39 is 65.8 Å². The van der Waals surface area contributed by atoms with Crippen LogP contribution in [0.1, 0.15) is 120 Å². The van der Waals surface area contributed by atoms with Crippen LogP contribution in [0.2, 0.25) is 0 Å². The molecule has 376 valence electrons. The third-order valence-corrected chi connectivity index (χ3v) is 13.0. The Morgan fingerprint density at radius 3 is 2.00 bits per heavy atom. The van der Waals surface area contributed by atoms with Crippen LogP contribution in [-0.4, -0.2) is 163 Å². The number of benzene rings is 1. The van der Waals surface area contributed by atoms with Gasteiger partial charge in [0.2, 0.25) is 23.6 Å². The highest BCUT2D eigenvalue weighted by Crippen LogP contribution is 2.30. The van der Waals surface area contributed by atoms with Crippen molar-refractivity contribution >= 4 is 35.7 Å². The van der Waals surface area contributed by atoms with Crippen LogP contribution >= 0.6 is 0 Å². The summed E-state index contributed by atoms with van der Waals surface area (Å²) in [6, 6.07) is 5.65. The number of likely N-dealkylation sites (N-methyl/N-ethyl adjacent to an activating group) is 2. The summed E-state index contributed by atoms with van der Waals surface area (Å²) in [5, 5.41) is 15.7. The highest BCUT2D eigenvalue weighted by atomic mass is 16.6. The number of carboxylic acids is 1. The summed E-state index contributed by atoms with van der Waals surface area (Å²) >= 11 is 0. The van der Waals surface area contributed by atoms with Crippen molar-refractivity contribution in [1.82, 2.24) is 30.2 Å². The zero-order valence-corrected chi connectivity index (χ0v) is 42.9. The van der Waals surface area contributed by atoms with Crippen molar-refractivity contribution in [3.63, 3.8) is 0 Å². The van der Waals surface area contributed by atoms with Crippen molar-refractivity contribution in [2.45, 2.75) is 169 Å². The number of carboxylic acid groups (broad SMARTS) is 1. The first-order valence-electron chi connectivity index (χ1n) is 24.0. The molecule has 1 fully saturated rings. The van der Waals surface area contributed by atoms with Gasteiger partial charge < -0.3 is 44.7 Å². The first-order chi connectivity index (χ1) is 30.9. The topological polar surface area (TPSA) is 187 Å². The minimum absolute atomic E-state index is 0.0367. The summed E-state index contributed by atoms with van der Waals surface area (Å²) in [4.78, 5) is 88.2. The molecule has 1 aliphatic rings. The largest absolute Gasteiger partial charge is 0.480 e. The molecule has 66 heavy (non-hydrogen) atoms. The van der Waals surface area contributed by atoms with E-state index in [0.29, 0.717) is 38.9 Å². The number of ether oxygens (including phenoxy) is 3. The van der Waals surface area contributed by atoms with Crippen LogP contribution < -0.4 is 10.6 Å². The van der Waals surface area contributed by atoms with Crippen LogP contribution in [0.25, 0.3) is 0 Å². The second-order valence-corrected chi connectivity index (χ2v) is 20.0. The molecule has 1 aromatic carbocycles. The summed E-state index contributed by atoms with van der Waals surface area (Å²) in [7, 11) is 8.40. The fourth-order valence-corrected chi connectivity index (χ4v) is 9.10. The molecule has 16 heteroatoms. The summed E-state index contributed by atoms with van der Waals surface area (Å²) in [6.45, 7) is 20.7. The molecule has 1 saturated heterocycles. The lowest BCUT2D eigenvalue weighted by Gasteiger charge is -2.41. The molecule has 0 spiro atoms. The minimum Gasteiger partial charge on any atom is -0.480 e. The van der Waals surface area contributed by atoms with Crippen molar-refractivity contribution in [1.29, 1.82) is 0 Å². The van der Waals surface area contributed by atoms with Gasteiger partial charge in [0.1, 0.15) is 17.7 Å². The van der Waals surface area contributed by atoms with E-state index in [-0.39, 0.29) is 54.4 Å². The van der Waals surface area contributed by atoms with E-state index in [1.807, 2.05) is 105 Å². The summed E-state index contributed by atoms with van der Waals surface area (Å²) in [6.07, 6.45) is 2.77. The number of unbranched alkanes of at least 4 members (excludes halogenated alkanes) is 2. The molecule has 0 radical (unpaired) electrons. The molecule has 9 atom stereocenters. The molecule has 1 aliphatic heterocycles. The van der Waals surface area contributed by atoms with Crippen molar-refractivity contribution in [2.75, 3.05) is 55.0 Å². The Labute approximate surface area is 396 Å². The van der Waals surface area contributed by atoms with Crippen LogP contribution in [0.5, 0.6) is 0 Å². The maximum atomic E-state index is 14.6. The molecule has 0 saturated carbocycles. The average molecular weight is 931 g/mol. The number of amides is 5. The fourth-order valence-electron chi connectivity index (χ4n) is 9.10. The molecule has 0 aliphatic carbocycles. The number of hydrogen-bond acceptors (Lipinski definition) is 10. The van der Waals surface area contributed by atoms with Gasteiger partial charge in [-0.2, -0.15) is 0 Å². The van der Waals surface area contributed by atoms with Crippen LogP contribution in [0.3, 0.4) is 0 Å². The molecule has 0 aromatic heterocycles. The van der Waals surface area contributed by atoms with E-state index in [1.54, 1.807) is 35.7 Å². The number of nitrogens with one attached hydrogen (secondary N) is 2. The SMILES string of the molecule is CC[C@H](C)[C@@H]([C@@H](CC(=O)N1CCC[C@H]1[C@H](OC)[C@@H](C)C(=O)N[C@@H](Cc1ccccc1)C(=O)O)OC)N(C)C(=O)[C@@H](NC(=O)[C@H](C(C)C)N(C)CCCCCN(C)C(=O)OC(C)(C)C)C(C)C. The van der Waals surface area contributed by atoms with Crippen LogP contribution in [0, 0.1) is 23.7 Å². The van der Waals surface area contributed by atoms with E-state index in [4.69, 9.17) is 14.2 Å². The third-order valence-electron chi connectivity index (χ3n) is 13.0. The van der Waals surface area contributed by atoms with Gasteiger partial charge in [0.05, 0.1) is 42.7 Å². The molecule has 1 heterocycles. The molecule has 2 rings (SSSR count). The minimum atomic E-state index is -1.15. The van der Waals surface area contributed by atoms with Crippen LogP contribution in [0.4, 0.5) is 4.79 Å². The predicted octanol–water partition coefficient (Wildman–Crippen LogP) is 5.85. The summed E-state index contributed by atoms with van der Waals surface area (Å²) < 4.78 is 17.4. The second kappa shape index (κ2) is 27.5. The lowest BCUT2D eigenvalue weighted by Crippen LogP contribution is -2.60. The van der Waals surface area contributed by atoms with E-state index in [2.05, 4.69) is 10.6 Å². The van der Waals surface area contributed by atoms with E-state index in [1.165, 1.54) is 14.2 Å². The Kier molecular flexibility index (Phi) is 24.1. The van der Waals surface area contributed by atoms with Gasteiger partial charge >= 0.3 is 12.1 Å². The molecule has 3 N–H and O–H groups in total. The standard InChI is InChI=1S/C50H86N6O10/c1-16-34(6)43(55(13)47(60)41(32(2)3)52-46(59)42(33(4)5)53(11)27-21-18-22-28-54(12)49(63)66-50(8,9)10)39(64-14)31-40(57)56-29-23-26-38(56)44(65-15)35(7)45(58)51-37(48(61)62)30-36-24-19-17-20-25-36/h17,19-20,24-25,32-35,37-39,41-44H,16,18,21-23,26-31H2,1-15H3,(H,51,58)(H,52,59)(H,61,62)/t34-,35+,37-,38-,39+,41-,42-,43-,44+/m0/s1. The molecular weight excluding hydrogens is 845 g/mol. The number of carbonyl (C=O) groups excluding carboxylic acids is 5. The number of aliphatic carboxylic acids is 1. The monoisotopic (exact) mass is 931 g/mol. The zero-order chi connectivity index (χ0) is 50.1. The third kappa shape index (κ3) is 17.4. The van der Waals surface area contributed by atoms with Crippen molar-refractivity contribution in [3.8, 4) is 0 Å². The predicted molar refractivity (Wildman–Crippen MR) is 257 cm³/mol. The normalized spacial score (nSPS) is 17.9. The van der Waals surface area contributed by atoms with Gasteiger partial charge in [0.15, 0.2) is 0 Å². The van der Waals surface area contributed by atoms with Gasteiger partial charge in [-0.25, -0.2) is 9.59 Å². The average Bonchev–Trinajstić information content (AvgIpc) is 3.73. The number of nitrogens with zero attached hydrogens (tertiary/aromatic N) is 4. The van der Waals surface area contributed by atoms with Crippen molar-refractivity contribution in [2.24, 2.45) is 23.7 Å². The molecule has 0 bridgehead atoms. The van der Waals surface area contributed by atoms with Crippen LogP contribution in [0.15, 0.2) is 30.3 Å². The maximum Gasteiger partial charge on any atom is 0.410 e. The van der Waals surface area contributed by atoms with E-state index in [9.17, 15) is 33.9 Å². The lowest BCUT2D eigenvalue weighted by molar-refractivity contribution is -0.148. The summed E-state index contributed by atoms with van der Waals surface area (Å²) in [5.41, 5.74) is 0.218. The van der Waals surface area contributed by atoms with E-state index in [0.717, 1.165) is 24.8 Å². The van der Waals surface area contributed by atoms with Gasteiger partial charge in [-0.3, -0.25) is 24.1 Å². The molecule has 1 aromatic rings. The Bertz CT molecular complexity index is 1690. The number of hydrogen-bond donors (Lipinski definition) is 3. The van der Waals surface area contributed by atoms with Gasteiger partial charge in [0.25, 0.3) is 0 Å². The quantitative estimate of drug-likeness (QED) is 0.0899. The Morgan fingerprint density at radius 1 is 0.848 bits per heavy atom. The molecule has 5 amide bonds. The van der Waals surface area contributed by atoms with Crippen LogP contribution in [-0.2, 0) is 44.6 Å². The highest BCUT2D eigenvalue weighted by molar-refractivity contribution is 5.90. The maximum absolute atomic E-state index is 14.6. The number of rotatable bonds is 27. The Hall–Kier alpha value is -4.28. The smallest absolute Gasteiger partial charge is 0.410 e. The highest BCUT2D eigenvalue weighted by Gasteiger charge is 2.43. The Morgan fingerprint density at radius 2 is 1.47 bits per heavy atom. The number of carbonyl (C=O) groups is 6. The van der Waals surface area contributed by atoms with Gasteiger partial charge in [-0.15, -0.1) is 0 Å². The zero-order valence-electron chi connectivity index (χ0n) is 42.9.